The van der Waals surface area contributed by atoms with Crippen LogP contribution in [-0.2, 0) is 11.2 Å². The lowest BCUT2D eigenvalue weighted by atomic mass is 9.96. The van der Waals surface area contributed by atoms with E-state index in [0.717, 1.165) is 18.4 Å². The van der Waals surface area contributed by atoms with E-state index < -0.39 is 5.76 Å². The smallest absolute Gasteiger partial charge is 0.434 e. The maximum absolute atomic E-state index is 12.5. The molecular formula is C16H17N3O5. The van der Waals surface area contributed by atoms with Crippen LogP contribution >= 0.6 is 0 Å². The Morgan fingerprint density at radius 1 is 1.25 bits per heavy atom. The summed E-state index contributed by atoms with van der Waals surface area (Å²) >= 11 is 0. The minimum Gasteiger partial charge on any atom is -0.454 e. The first-order valence-corrected chi connectivity index (χ1v) is 7.91. The molecule has 1 aromatic carbocycles. The van der Waals surface area contributed by atoms with Crippen molar-refractivity contribution in [3.05, 3.63) is 40.2 Å². The van der Waals surface area contributed by atoms with Crippen molar-refractivity contribution < 1.29 is 18.7 Å². The molecule has 0 radical (unpaired) electrons. The predicted octanol–water partition coefficient (Wildman–Crippen LogP) is 1.04. The number of nitrogens with one attached hydrogen (secondary N) is 1. The Kier molecular flexibility index (Phi) is 3.72. The predicted molar refractivity (Wildman–Crippen MR) is 81.9 cm³/mol. The SMILES string of the molecule is O=C(Cc1ccc2c(c1)OCO2)N1CCC(c2n[nH]c(=O)o2)CC1. The molecule has 0 saturated carbocycles. The largest absolute Gasteiger partial charge is 0.454 e. The fraction of sp³-hybridized carbons (Fsp3) is 0.438. The topological polar surface area (TPSA) is 97.7 Å². The summed E-state index contributed by atoms with van der Waals surface area (Å²) in [4.78, 5) is 25.3. The molecule has 0 aliphatic carbocycles. The molecule has 1 saturated heterocycles. The summed E-state index contributed by atoms with van der Waals surface area (Å²) in [5.41, 5.74) is 0.907. The van der Waals surface area contributed by atoms with Gasteiger partial charge in [0.05, 0.1) is 6.42 Å². The highest BCUT2D eigenvalue weighted by molar-refractivity contribution is 5.79. The minimum absolute atomic E-state index is 0.0794. The fourth-order valence-electron chi connectivity index (χ4n) is 3.13. The molecule has 0 spiro atoms. The van der Waals surface area contributed by atoms with Gasteiger partial charge in [-0.2, -0.15) is 0 Å². The number of carbonyl (C=O) groups excluding carboxylic acids is 1. The van der Waals surface area contributed by atoms with Crippen LogP contribution in [0, 0.1) is 0 Å². The lowest BCUT2D eigenvalue weighted by Crippen LogP contribution is -2.38. The number of aromatic amines is 1. The van der Waals surface area contributed by atoms with Gasteiger partial charge in [0.1, 0.15) is 0 Å². The zero-order valence-corrected chi connectivity index (χ0v) is 13.0. The summed E-state index contributed by atoms with van der Waals surface area (Å²) in [6.07, 6.45) is 1.81. The maximum Gasteiger partial charge on any atom is 0.434 e. The highest BCUT2D eigenvalue weighted by Crippen LogP contribution is 2.33. The Hall–Kier alpha value is -2.77. The molecule has 2 aromatic rings. The molecule has 24 heavy (non-hydrogen) atoms. The number of aromatic nitrogens is 2. The van der Waals surface area contributed by atoms with E-state index in [1.807, 2.05) is 23.1 Å². The third-order valence-electron chi connectivity index (χ3n) is 4.44. The van der Waals surface area contributed by atoms with Crippen LogP contribution in [-0.4, -0.2) is 40.9 Å². The normalized spacial score (nSPS) is 17.2. The van der Waals surface area contributed by atoms with Gasteiger partial charge in [-0.05, 0) is 30.5 Å². The van der Waals surface area contributed by atoms with Gasteiger partial charge < -0.3 is 18.8 Å². The van der Waals surface area contributed by atoms with Gasteiger partial charge in [0.2, 0.25) is 18.6 Å². The highest BCUT2D eigenvalue weighted by Gasteiger charge is 2.27. The number of hydrogen-bond donors (Lipinski definition) is 1. The molecule has 1 aromatic heterocycles. The number of ether oxygens (including phenoxy) is 2. The summed E-state index contributed by atoms with van der Waals surface area (Å²) in [6.45, 7) is 1.48. The van der Waals surface area contributed by atoms with E-state index in [4.69, 9.17) is 13.9 Å². The zero-order valence-electron chi connectivity index (χ0n) is 13.0. The molecule has 1 N–H and O–H groups in total. The molecule has 1 fully saturated rings. The van der Waals surface area contributed by atoms with E-state index in [0.29, 0.717) is 36.9 Å². The maximum atomic E-state index is 12.5. The molecule has 8 nitrogen and oxygen atoms in total. The molecule has 2 aliphatic rings. The Labute approximate surface area is 137 Å². The average molecular weight is 331 g/mol. The molecule has 4 rings (SSSR count). The van der Waals surface area contributed by atoms with Gasteiger partial charge in [-0.3, -0.25) is 4.79 Å². The number of amides is 1. The first-order valence-electron chi connectivity index (χ1n) is 7.91. The van der Waals surface area contributed by atoms with Crippen molar-refractivity contribution in [3.63, 3.8) is 0 Å². The molecule has 126 valence electrons. The van der Waals surface area contributed by atoms with Gasteiger partial charge in [-0.1, -0.05) is 6.07 Å². The Balaban J connectivity index is 1.35. The van der Waals surface area contributed by atoms with E-state index in [9.17, 15) is 9.59 Å². The fourth-order valence-corrected chi connectivity index (χ4v) is 3.13. The second-order valence-corrected chi connectivity index (χ2v) is 5.97. The Morgan fingerprint density at radius 2 is 2.04 bits per heavy atom. The van der Waals surface area contributed by atoms with Gasteiger partial charge in [-0.25, -0.2) is 9.89 Å². The van der Waals surface area contributed by atoms with Gasteiger partial charge in [0.25, 0.3) is 0 Å². The number of benzene rings is 1. The van der Waals surface area contributed by atoms with Gasteiger partial charge in [-0.15, -0.1) is 5.10 Å². The number of likely N-dealkylation sites (tertiary alicyclic amines) is 1. The quantitative estimate of drug-likeness (QED) is 0.902. The summed E-state index contributed by atoms with van der Waals surface area (Å²) in [5.74, 6) is 1.46. The van der Waals surface area contributed by atoms with Crippen LogP contribution in [0.3, 0.4) is 0 Å². The van der Waals surface area contributed by atoms with Crippen LogP contribution in [0.1, 0.15) is 30.2 Å². The van der Waals surface area contributed by atoms with Crippen LogP contribution in [0.5, 0.6) is 11.5 Å². The third kappa shape index (κ3) is 2.86. The first-order chi connectivity index (χ1) is 11.7. The molecule has 0 bridgehead atoms. The van der Waals surface area contributed by atoms with Crippen LogP contribution in [0.25, 0.3) is 0 Å². The number of piperidine rings is 1. The second kappa shape index (κ2) is 6.03. The third-order valence-corrected chi connectivity index (χ3v) is 4.44. The second-order valence-electron chi connectivity index (χ2n) is 5.97. The molecule has 0 unspecified atom stereocenters. The molecule has 1 amide bonds. The van der Waals surface area contributed by atoms with E-state index in [-0.39, 0.29) is 18.6 Å². The monoisotopic (exact) mass is 331 g/mol. The van der Waals surface area contributed by atoms with E-state index >= 15 is 0 Å². The van der Waals surface area contributed by atoms with Crippen LogP contribution in [0.2, 0.25) is 0 Å². The van der Waals surface area contributed by atoms with E-state index in [1.54, 1.807) is 0 Å². The molecule has 2 aliphatic heterocycles. The zero-order chi connectivity index (χ0) is 16.5. The first kappa shape index (κ1) is 14.8. The van der Waals surface area contributed by atoms with Crippen molar-refractivity contribution in [1.82, 2.24) is 15.1 Å². The summed E-state index contributed by atoms with van der Waals surface area (Å²) in [7, 11) is 0. The van der Waals surface area contributed by atoms with Crippen LogP contribution < -0.4 is 15.2 Å². The molecular weight excluding hydrogens is 314 g/mol. The van der Waals surface area contributed by atoms with Crippen molar-refractivity contribution in [2.75, 3.05) is 19.9 Å². The Bertz CT molecular complexity index is 804. The van der Waals surface area contributed by atoms with Crippen molar-refractivity contribution in [3.8, 4) is 11.5 Å². The van der Waals surface area contributed by atoms with Crippen molar-refractivity contribution >= 4 is 5.91 Å². The number of H-pyrrole nitrogens is 1. The number of nitrogens with zero attached hydrogens (tertiary/aromatic N) is 2. The van der Waals surface area contributed by atoms with Crippen molar-refractivity contribution in [1.29, 1.82) is 0 Å². The van der Waals surface area contributed by atoms with E-state index in [1.165, 1.54) is 0 Å². The van der Waals surface area contributed by atoms with Gasteiger partial charge in [0, 0.05) is 19.0 Å². The van der Waals surface area contributed by atoms with Crippen molar-refractivity contribution in [2.45, 2.75) is 25.2 Å². The van der Waals surface area contributed by atoms with Gasteiger partial charge >= 0.3 is 5.76 Å². The number of fused-ring (bicyclic) bond motifs is 1. The molecule has 0 atom stereocenters. The molecule has 8 heteroatoms. The highest BCUT2D eigenvalue weighted by atomic mass is 16.7. The van der Waals surface area contributed by atoms with E-state index in [2.05, 4.69) is 10.2 Å². The number of carbonyl (C=O) groups is 1. The standard InChI is InChI=1S/C16H17N3O5/c20-14(8-10-1-2-12-13(7-10)23-9-22-12)19-5-3-11(4-6-19)15-17-18-16(21)24-15/h1-2,7,11H,3-6,8-9H2,(H,18,21). The van der Waals surface area contributed by atoms with Gasteiger partial charge in [0.15, 0.2) is 11.5 Å². The Morgan fingerprint density at radius 3 is 2.79 bits per heavy atom. The lowest BCUT2D eigenvalue weighted by molar-refractivity contribution is -0.131. The minimum atomic E-state index is -0.536. The summed E-state index contributed by atoms with van der Waals surface area (Å²) in [5, 5.41) is 6.16. The van der Waals surface area contributed by atoms with Crippen LogP contribution in [0.15, 0.2) is 27.4 Å². The molecule has 3 heterocycles. The summed E-state index contributed by atoms with van der Waals surface area (Å²) < 4.78 is 15.6. The number of rotatable bonds is 3. The number of hydrogen-bond acceptors (Lipinski definition) is 6. The average Bonchev–Trinajstić information content (AvgIpc) is 3.23. The van der Waals surface area contributed by atoms with Crippen molar-refractivity contribution in [2.24, 2.45) is 0 Å². The van der Waals surface area contributed by atoms with Crippen LogP contribution in [0.4, 0.5) is 0 Å². The summed E-state index contributed by atoms with van der Waals surface area (Å²) in [6, 6.07) is 5.57. The lowest BCUT2D eigenvalue weighted by Gasteiger charge is -2.30.